The van der Waals surface area contributed by atoms with E-state index >= 15 is 0 Å². The van der Waals surface area contributed by atoms with E-state index in [0.29, 0.717) is 25.0 Å². The fraction of sp³-hybridized carbons (Fsp3) is 0.929. The Morgan fingerprint density at radius 2 is 1.82 bits per heavy atom. The molecule has 0 radical (unpaired) electrons. The second-order valence-corrected chi connectivity index (χ2v) is 8.61. The zero-order valence-electron chi connectivity index (χ0n) is 13.6. The molecule has 0 aromatic rings. The zero-order valence-corrected chi connectivity index (χ0v) is 15.3. The van der Waals surface area contributed by atoms with Crippen LogP contribution in [0.25, 0.3) is 0 Å². The molecule has 6 nitrogen and oxygen atoms in total. The largest absolute Gasteiger partial charge is 0.348 e. The summed E-state index contributed by atoms with van der Waals surface area (Å²) in [6.45, 7) is 3.65. The molecule has 2 rings (SSSR count). The third kappa shape index (κ3) is 4.13. The highest BCUT2D eigenvalue weighted by atomic mass is 35.5. The number of piperidine rings is 1. The first-order valence-electron chi connectivity index (χ1n) is 7.77. The Labute approximate surface area is 140 Å². The summed E-state index contributed by atoms with van der Waals surface area (Å²) in [5.41, 5.74) is 0. The number of sulfonamides is 1. The average molecular weight is 354 g/mol. The van der Waals surface area contributed by atoms with E-state index in [1.54, 1.807) is 14.1 Å². The summed E-state index contributed by atoms with van der Waals surface area (Å²) in [4.78, 5) is 13.3. The van der Waals surface area contributed by atoms with E-state index in [1.807, 2.05) is 0 Å². The molecule has 2 saturated heterocycles. The van der Waals surface area contributed by atoms with Gasteiger partial charge in [-0.05, 0) is 45.1 Å². The third-order valence-corrected chi connectivity index (χ3v) is 6.94. The molecule has 2 unspecified atom stereocenters. The Morgan fingerprint density at radius 1 is 1.23 bits per heavy atom. The first kappa shape index (κ1) is 19.7. The van der Waals surface area contributed by atoms with Gasteiger partial charge in [-0.15, -0.1) is 12.4 Å². The van der Waals surface area contributed by atoms with E-state index in [4.69, 9.17) is 0 Å². The summed E-state index contributed by atoms with van der Waals surface area (Å²) in [6.07, 6.45) is 4.20. The van der Waals surface area contributed by atoms with Crippen molar-refractivity contribution in [3.05, 3.63) is 0 Å². The Balaban J connectivity index is 0.00000242. The predicted octanol–water partition coefficient (Wildman–Crippen LogP) is 0.679. The average Bonchev–Trinajstić information content (AvgIpc) is 2.99. The highest BCUT2D eigenvalue weighted by Gasteiger charge is 2.38. The number of nitrogens with one attached hydrogen (secondary N) is 1. The van der Waals surface area contributed by atoms with Crippen molar-refractivity contribution in [3.63, 3.8) is 0 Å². The van der Waals surface area contributed by atoms with E-state index in [0.717, 1.165) is 19.4 Å². The van der Waals surface area contributed by atoms with E-state index in [1.165, 1.54) is 29.0 Å². The quantitative estimate of drug-likeness (QED) is 0.806. The molecule has 1 amide bonds. The molecular formula is C14H28ClN3O3S. The van der Waals surface area contributed by atoms with Gasteiger partial charge in [0.2, 0.25) is 15.9 Å². The number of carbonyl (C=O) groups excluding carboxylic acids is 1. The molecule has 0 bridgehead atoms. The second-order valence-electron chi connectivity index (χ2n) is 6.36. The van der Waals surface area contributed by atoms with Crippen LogP contribution in [0.3, 0.4) is 0 Å². The van der Waals surface area contributed by atoms with Crippen LogP contribution in [-0.4, -0.2) is 68.6 Å². The van der Waals surface area contributed by atoms with Gasteiger partial charge in [0, 0.05) is 33.2 Å². The van der Waals surface area contributed by atoms with Crippen molar-refractivity contribution in [2.45, 2.75) is 43.9 Å². The van der Waals surface area contributed by atoms with Gasteiger partial charge in [0.05, 0.1) is 0 Å². The highest BCUT2D eigenvalue weighted by Crippen LogP contribution is 2.27. The second kappa shape index (κ2) is 7.95. The Hall–Kier alpha value is -0.370. The van der Waals surface area contributed by atoms with E-state index in [9.17, 15) is 13.2 Å². The Morgan fingerprint density at radius 3 is 2.27 bits per heavy atom. The molecule has 0 saturated carbocycles. The van der Waals surface area contributed by atoms with Crippen molar-refractivity contribution in [2.75, 3.05) is 33.7 Å². The summed E-state index contributed by atoms with van der Waals surface area (Å²) in [6, 6.07) is 0.552. The van der Waals surface area contributed by atoms with Crippen LogP contribution >= 0.6 is 12.4 Å². The maximum Gasteiger partial charge on any atom is 0.241 e. The molecule has 8 heteroatoms. The van der Waals surface area contributed by atoms with Crippen molar-refractivity contribution < 1.29 is 13.2 Å². The minimum Gasteiger partial charge on any atom is -0.348 e. The molecule has 0 aliphatic carbocycles. The SMILES string of the molecule is CC(C(=O)N(C)C)S(=O)(=O)N1CCC(C2CCCN2)CC1.Cl. The monoisotopic (exact) mass is 353 g/mol. The van der Waals surface area contributed by atoms with Gasteiger partial charge >= 0.3 is 0 Å². The van der Waals surface area contributed by atoms with Gasteiger partial charge in [0.15, 0.2) is 5.25 Å². The van der Waals surface area contributed by atoms with Crippen molar-refractivity contribution >= 4 is 28.3 Å². The first-order chi connectivity index (χ1) is 9.84. The Bertz CT molecular complexity index is 470. The van der Waals surface area contributed by atoms with Crippen molar-refractivity contribution in [2.24, 2.45) is 5.92 Å². The molecule has 2 atom stereocenters. The number of hydrogen-bond donors (Lipinski definition) is 1. The van der Waals surface area contributed by atoms with Crippen LogP contribution in [0.4, 0.5) is 0 Å². The number of carbonyl (C=O) groups is 1. The fourth-order valence-corrected chi connectivity index (χ4v) is 4.99. The molecule has 0 aromatic carbocycles. The fourth-order valence-electron chi connectivity index (χ4n) is 3.36. The van der Waals surface area contributed by atoms with Gasteiger partial charge in [0.1, 0.15) is 0 Å². The lowest BCUT2D eigenvalue weighted by Crippen LogP contribution is -2.49. The number of hydrogen-bond acceptors (Lipinski definition) is 4. The van der Waals surface area contributed by atoms with Crippen molar-refractivity contribution in [1.29, 1.82) is 0 Å². The number of nitrogens with zero attached hydrogens (tertiary/aromatic N) is 2. The van der Waals surface area contributed by atoms with Crippen molar-refractivity contribution in [1.82, 2.24) is 14.5 Å². The first-order valence-corrected chi connectivity index (χ1v) is 9.28. The van der Waals surface area contributed by atoms with Gasteiger partial charge in [-0.2, -0.15) is 0 Å². The van der Waals surface area contributed by atoms with Crippen LogP contribution in [0.15, 0.2) is 0 Å². The normalized spacial score (nSPS) is 25.5. The van der Waals surface area contributed by atoms with Gasteiger partial charge < -0.3 is 10.2 Å². The lowest BCUT2D eigenvalue weighted by molar-refractivity contribution is -0.128. The van der Waals surface area contributed by atoms with Crippen LogP contribution in [0.2, 0.25) is 0 Å². The third-order valence-electron chi connectivity index (χ3n) is 4.76. The maximum absolute atomic E-state index is 12.5. The minimum absolute atomic E-state index is 0. The van der Waals surface area contributed by atoms with Gasteiger partial charge in [-0.3, -0.25) is 4.79 Å². The Kier molecular flexibility index (Phi) is 7.11. The maximum atomic E-state index is 12.5. The predicted molar refractivity (Wildman–Crippen MR) is 89.6 cm³/mol. The molecule has 2 aliphatic heterocycles. The lowest BCUT2D eigenvalue weighted by atomic mass is 9.89. The van der Waals surface area contributed by atoms with Crippen molar-refractivity contribution in [3.8, 4) is 0 Å². The molecule has 2 heterocycles. The highest BCUT2D eigenvalue weighted by molar-refractivity contribution is 7.90. The number of amides is 1. The lowest BCUT2D eigenvalue weighted by Gasteiger charge is -2.35. The summed E-state index contributed by atoms with van der Waals surface area (Å²) < 4.78 is 26.5. The van der Waals surface area contributed by atoms with E-state index in [2.05, 4.69) is 5.32 Å². The molecule has 2 aliphatic rings. The molecule has 0 spiro atoms. The number of rotatable bonds is 4. The summed E-state index contributed by atoms with van der Waals surface area (Å²) in [5, 5.41) is 2.52. The van der Waals surface area contributed by atoms with Gasteiger partial charge in [-0.1, -0.05) is 0 Å². The van der Waals surface area contributed by atoms with Crippen LogP contribution < -0.4 is 5.32 Å². The standard InChI is InChI=1S/C14H27N3O3S.ClH/c1-11(14(18)16(2)3)21(19,20)17-9-6-12(7-10-17)13-5-4-8-15-13;/h11-13,15H,4-10H2,1-3H3;1H. The van der Waals surface area contributed by atoms with Crippen LogP contribution in [-0.2, 0) is 14.8 Å². The molecule has 2 fully saturated rings. The van der Waals surface area contributed by atoms with Crippen LogP contribution in [0, 0.1) is 5.92 Å². The molecule has 1 N–H and O–H groups in total. The van der Waals surface area contributed by atoms with Crippen LogP contribution in [0.5, 0.6) is 0 Å². The van der Waals surface area contributed by atoms with Gasteiger partial charge in [0.25, 0.3) is 0 Å². The molecule has 22 heavy (non-hydrogen) atoms. The van der Waals surface area contributed by atoms with Gasteiger partial charge in [-0.25, -0.2) is 12.7 Å². The summed E-state index contributed by atoms with van der Waals surface area (Å²) in [7, 11) is -0.352. The molecule has 130 valence electrons. The topological polar surface area (TPSA) is 69.7 Å². The van der Waals surface area contributed by atoms with E-state index < -0.39 is 15.3 Å². The van der Waals surface area contributed by atoms with Crippen LogP contribution in [0.1, 0.15) is 32.6 Å². The molecule has 0 aromatic heterocycles. The zero-order chi connectivity index (χ0) is 15.6. The molecular weight excluding hydrogens is 326 g/mol. The van der Waals surface area contributed by atoms with E-state index in [-0.39, 0.29) is 18.3 Å². The smallest absolute Gasteiger partial charge is 0.241 e. The number of halogens is 1. The minimum atomic E-state index is -3.53. The summed E-state index contributed by atoms with van der Waals surface area (Å²) in [5.74, 6) is 0.216. The summed E-state index contributed by atoms with van der Waals surface area (Å²) >= 11 is 0.